The highest BCUT2D eigenvalue weighted by atomic mass is 16.5. The summed E-state index contributed by atoms with van der Waals surface area (Å²) in [6.07, 6.45) is 1.45. The van der Waals surface area contributed by atoms with Crippen LogP contribution in [0.2, 0.25) is 0 Å². The summed E-state index contributed by atoms with van der Waals surface area (Å²) in [6.45, 7) is 5.96. The fourth-order valence-corrected chi connectivity index (χ4v) is 1.43. The summed E-state index contributed by atoms with van der Waals surface area (Å²) in [6, 6.07) is 3.80. The monoisotopic (exact) mass is 219 g/mol. The molecule has 0 saturated carbocycles. The van der Waals surface area contributed by atoms with E-state index in [1.165, 1.54) is 6.33 Å². The fraction of sp³-hybridized carbons (Fsp3) is 0.333. The smallest absolute Gasteiger partial charge is 0.134 e. The average molecular weight is 219 g/mol. The number of hydrogen-bond donors (Lipinski definition) is 1. The lowest BCUT2D eigenvalue weighted by Gasteiger charge is -2.06. The molecule has 0 aliphatic rings. The molecule has 0 saturated heterocycles. The number of fused-ring (bicyclic) bond motifs is 1. The van der Waals surface area contributed by atoms with Crippen LogP contribution in [0.25, 0.3) is 10.9 Å². The largest absolute Gasteiger partial charge is 0.496 e. The molecule has 1 heterocycles. The second-order valence-electron chi connectivity index (χ2n) is 3.10. The first kappa shape index (κ1) is 12.2. The minimum atomic E-state index is 0.501. The molecule has 0 fully saturated rings. The quantitative estimate of drug-likeness (QED) is 0.800. The van der Waals surface area contributed by atoms with Gasteiger partial charge in [-0.15, -0.1) is 0 Å². The summed E-state index contributed by atoms with van der Waals surface area (Å²) in [5.41, 5.74) is 7.56. The van der Waals surface area contributed by atoms with Gasteiger partial charge in [0.25, 0.3) is 0 Å². The fourth-order valence-electron chi connectivity index (χ4n) is 1.43. The number of hydrogen-bond acceptors (Lipinski definition) is 4. The van der Waals surface area contributed by atoms with Crippen molar-refractivity contribution in [3.63, 3.8) is 0 Å². The Balaban J connectivity index is 0.000000606. The van der Waals surface area contributed by atoms with Crippen molar-refractivity contribution < 1.29 is 4.74 Å². The van der Waals surface area contributed by atoms with Gasteiger partial charge < -0.3 is 10.5 Å². The molecular weight excluding hydrogens is 202 g/mol. The predicted octanol–water partition coefficient (Wildman–Crippen LogP) is 2.56. The van der Waals surface area contributed by atoms with Crippen molar-refractivity contribution in [3.8, 4) is 5.75 Å². The lowest BCUT2D eigenvalue weighted by Crippen LogP contribution is -1.95. The molecule has 2 rings (SSSR count). The number of aromatic nitrogens is 2. The first-order valence-corrected chi connectivity index (χ1v) is 5.27. The molecule has 0 unspecified atom stereocenters. The molecule has 2 aromatic rings. The van der Waals surface area contributed by atoms with Gasteiger partial charge in [-0.3, -0.25) is 0 Å². The van der Waals surface area contributed by atoms with Gasteiger partial charge in [0.15, 0.2) is 0 Å². The van der Waals surface area contributed by atoms with Gasteiger partial charge in [-0.2, -0.15) is 0 Å². The summed E-state index contributed by atoms with van der Waals surface area (Å²) < 4.78 is 5.19. The van der Waals surface area contributed by atoms with E-state index in [9.17, 15) is 0 Å². The van der Waals surface area contributed by atoms with Gasteiger partial charge in [-0.05, 0) is 18.6 Å². The SMILES string of the molecule is CC.COc1cc2ncnc(N)c2cc1C. The van der Waals surface area contributed by atoms with Crippen molar-refractivity contribution in [3.05, 3.63) is 24.0 Å². The number of nitrogens with two attached hydrogens (primary N) is 1. The summed E-state index contributed by atoms with van der Waals surface area (Å²) in [5.74, 6) is 1.32. The maximum absolute atomic E-state index is 5.72. The third kappa shape index (κ3) is 2.21. The Kier molecular flexibility index (Phi) is 4.05. The highest BCUT2D eigenvalue weighted by Crippen LogP contribution is 2.25. The van der Waals surface area contributed by atoms with Crippen LogP contribution in [0.5, 0.6) is 5.75 Å². The molecule has 0 aliphatic heterocycles. The standard InChI is InChI=1S/C10H11N3O.C2H6/c1-6-3-7-8(4-9(6)14-2)12-5-13-10(7)11;1-2/h3-5H,1-2H3,(H2,11,12,13);1-2H3. The number of nitrogen functional groups attached to an aromatic ring is 1. The first-order chi connectivity index (χ1) is 7.72. The summed E-state index contributed by atoms with van der Waals surface area (Å²) >= 11 is 0. The lowest BCUT2D eigenvalue weighted by molar-refractivity contribution is 0.412. The number of rotatable bonds is 1. The molecule has 1 aromatic carbocycles. The third-order valence-corrected chi connectivity index (χ3v) is 2.18. The van der Waals surface area contributed by atoms with Crippen LogP contribution in [0, 0.1) is 6.92 Å². The molecular formula is C12H17N3O. The molecule has 1 aromatic heterocycles. The molecule has 0 amide bonds. The number of benzene rings is 1. The van der Waals surface area contributed by atoms with Gasteiger partial charge in [0.2, 0.25) is 0 Å². The van der Waals surface area contributed by atoms with Crippen LogP contribution in [-0.2, 0) is 0 Å². The molecule has 2 N–H and O–H groups in total. The van der Waals surface area contributed by atoms with Gasteiger partial charge >= 0.3 is 0 Å². The van der Waals surface area contributed by atoms with Crippen LogP contribution in [0.3, 0.4) is 0 Å². The summed E-state index contributed by atoms with van der Waals surface area (Å²) in [5, 5.41) is 0.866. The third-order valence-electron chi connectivity index (χ3n) is 2.18. The van der Waals surface area contributed by atoms with Crippen LogP contribution in [-0.4, -0.2) is 17.1 Å². The van der Waals surface area contributed by atoms with Crippen LogP contribution in [0.4, 0.5) is 5.82 Å². The van der Waals surface area contributed by atoms with Gasteiger partial charge in [0.1, 0.15) is 17.9 Å². The molecule has 0 spiro atoms. The van der Waals surface area contributed by atoms with E-state index >= 15 is 0 Å². The zero-order valence-corrected chi connectivity index (χ0v) is 10.1. The summed E-state index contributed by atoms with van der Waals surface area (Å²) in [4.78, 5) is 8.05. The number of anilines is 1. The Morgan fingerprint density at radius 1 is 1.19 bits per heavy atom. The van der Waals surface area contributed by atoms with E-state index in [-0.39, 0.29) is 0 Å². The topological polar surface area (TPSA) is 61.0 Å². The lowest BCUT2D eigenvalue weighted by atomic mass is 10.1. The van der Waals surface area contributed by atoms with Crippen molar-refractivity contribution in [1.82, 2.24) is 9.97 Å². The summed E-state index contributed by atoms with van der Waals surface area (Å²) in [7, 11) is 1.64. The predicted molar refractivity (Wildman–Crippen MR) is 66.6 cm³/mol. The first-order valence-electron chi connectivity index (χ1n) is 5.27. The second kappa shape index (κ2) is 5.30. The number of aryl methyl sites for hydroxylation is 1. The number of ether oxygens (including phenoxy) is 1. The maximum Gasteiger partial charge on any atom is 0.134 e. The van der Waals surface area contributed by atoms with E-state index in [1.807, 2.05) is 32.9 Å². The molecule has 0 atom stereocenters. The van der Waals surface area contributed by atoms with Gasteiger partial charge in [0.05, 0.1) is 12.6 Å². The second-order valence-corrected chi connectivity index (χ2v) is 3.10. The zero-order chi connectivity index (χ0) is 12.1. The van der Waals surface area contributed by atoms with E-state index in [0.717, 1.165) is 22.2 Å². The number of methoxy groups -OCH3 is 1. The minimum absolute atomic E-state index is 0.501. The maximum atomic E-state index is 5.72. The van der Waals surface area contributed by atoms with Crippen molar-refractivity contribution >= 4 is 16.7 Å². The molecule has 86 valence electrons. The molecule has 4 heteroatoms. The van der Waals surface area contributed by atoms with Gasteiger partial charge in [-0.25, -0.2) is 9.97 Å². The Morgan fingerprint density at radius 2 is 1.88 bits per heavy atom. The molecule has 4 nitrogen and oxygen atoms in total. The van der Waals surface area contributed by atoms with Crippen molar-refractivity contribution in [2.45, 2.75) is 20.8 Å². The number of nitrogens with zero attached hydrogens (tertiary/aromatic N) is 2. The van der Waals surface area contributed by atoms with E-state index in [0.29, 0.717) is 5.82 Å². The molecule has 0 bridgehead atoms. The Morgan fingerprint density at radius 3 is 2.50 bits per heavy atom. The molecule has 0 radical (unpaired) electrons. The normalized spacial score (nSPS) is 9.50. The highest BCUT2D eigenvalue weighted by molar-refractivity contribution is 5.89. The highest BCUT2D eigenvalue weighted by Gasteiger charge is 2.04. The van der Waals surface area contributed by atoms with Crippen molar-refractivity contribution in [2.24, 2.45) is 0 Å². The van der Waals surface area contributed by atoms with E-state index in [4.69, 9.17) is 10.5 Å². The Hall–Kier alpha value is -1.84. The van der Waals surface area contributed by atoms with Crippen molar-refractivity contribution in [1.29, 1.82) is 0 Å². The van der Waals surface area contributed by atoms with E-state index in [2.05, 4.69) is 9.97 Å². The van der Waals surface area contributed by atoms with E-state index < -0.39 is 0 Å². The minimum Gasteiger partial charge on any atom is -0.496 e. The van der Waals surface area contributed by atoms with Gasteiger partial charge in [-0.1, -0.05) is 13.8 Å². The zero-order valence-electron chi connectivity index (χ0n) is 10.1. The van der Waals surface area contributed by atoms with Crippen molar-refractivity contribution in [2.75, 3.05) is 12.8 Å². The van der Waals surface area contributed by atoms with E-state index in [1.54, 1.807) is 7.11 Å². The Bertz CT molecular complexity index is 483. The molecule has 16 heavy (non-hydrogen) atoms. The van der Waals surface area contributed by atoms with Crippen LogP contribution in [0.1, 0.15) is 19.4 Å². The molecule has 0 aliphatic carbocycles. The average Bonchev–Trinajstić information content (AvgIpc) is 2.32. The van der Waals surface area contributed by atoms with Gasteiger partial charge in [0, 0.05) is 11.5 Å². The van der Waals surface area contributed by atoms with Crippen LogP contribution < -0.4 is 10.5 Å². The van der Waals surface area contributed by atoms with Crippen LogP contribution >= 0.6 is 0 Å². The Labute approximate surface area is 95.5 Å². The van der Waals surface area contributed by atoms with Crippen LogP contribution in [0.15, 0.2) is 18.5 Å².